The van der Waals surface area contributed by atoms with Gasteiger partial charge >= 0.3 is 0 Å². The van der Waals surface area contributed by atoms with Gasteiger partial charge in [0.15, 0.2) is 0 Å². The van der Waals surface area contributed by atoms with E-state index >= 15 is 0 Å². The van der Waals surface area contributed by atoms with Gasteiger partial charge in [-0.25, -0.2) is 0 Å². The Bertz CT molecular complexity index is 3.25. The van der Waals surface area contributed by atoms with Crippen molar-refractivity contribution in [2.24, 2.45) is 0 Å². The van der Waals surface area contributed by atoms with Crippen molar-refractivity contribution in [3.63, 3.8) is 0 Å². The molecule has 0 bridgehead atoms. The van der Waals surface area contributed by atoms with Crippen molar-refractivity contribution in [1.29, 1.82) is 0 Å². The van der Waals surface area contributed by atoms with Gasteiger partial charge in [-0.3, -0.25) is 0 Å². The first kappa shape index (κ1) is 32.0. The number of rotatable bonds is 0. The molecule has 0 aromatic heterocycles. The minimum atomic E-state index is 0. The van der Waals surface area contributed by atoms with Crippen LogP contribution in [0.2, 0.25) is 0 Å². The van der Waals surface area contributed by atoms with E-state index in [2.05, 4.69) is 0 Å². The van der Waals surface area contributed by atoms with Crippen molar-refractivity contribution in [3.05, 3.63) is 0 Å². The van der Waals surface area contributed by atoms with Gasteiger partial charge in [0.05, 0.1) is 0 Å². The standard InChI is InChI=1S/3Cu.Zr. The SMILES string of the molecule is [Cu].[Cu].[Cu].[Zr]. The molecule has 0 aliphatic carbocycles. The summed E-state index contributed by atoms with van der Waals surface area (Å²) in [4.78, 5) is 0. The minimum absolute atomic E-state index is 0. The van der Waals surface area contributed by atoms with Gasteiger partial charge in [0, 0.05) is 77.4 Å². The molecule has 0 unspecified atom stereocenters. The Hall–Kier alpha value is 2.44. The van der Waals surface area contributed by atoms with E-state index in [-0.39, 0.29) is 77.4 Å². The Balaban J connectivity index is 0. The molecule has 0 N–H and O–H groups in total. The number of hydrogen-bond acceptors (Lipinski definition) is 0. The fourth-order valence-electron chi connectivity index (χ4n) is 0. The molecule has 0 aromatic rings. The van der Waals surface area contributed by atoms with Crippen LogP contribution in [0.15, 0.2) is 0 Å². The van der Waals surface area contributed by atoms with Gasteiger partial charge in [-0.15, -0.1) is 0 Å². The van der Waals surface area contributed by atoms with Crippen molar-refractivity contribution in [1.82, 2.24) is 0 Å². The van der Waals surface area contributed by atoms with Crippen LogP contribution in [0.4, 0.5) is 0 Å². The average molecular weight is 282 g/mol. The molecule has 0 saturated heterocycles. The molecule has 37 valence electrons. The van der Waals surface area contributed by atoms with E-state index in [1.54, 1.807) is 0 Å². The van der Waals surface area contributed by atoms with E-state index in [1.807, 2.05) is 0 Å². The summed E-state index contributed by atoms with van der Waals surface area (Å²) in [5.74, 6) is 0. The molecule has 0 rings (SSSR count). The quantitative estimate of drug-likeness (QED) is 0.548. The van der Waals surface area contributed by atoms with Crippen molar-refractivity contribution in [2.75, 3.05) is 0 Å². The summed E-state index contributed by atoms with van der Waals surface area (Å²) < 4.78 is 0. The van der Waals surface area contributed by atoms with Gasteiger partial charge in [-0.2, -0.15) is 0 Å². The first-order valence-electron chi connectivity index (χ1n) is 0. The monoisotopic (exact) mass is 279 g/mol. The molecule has 0 amide bonds. The third kappa shape index (κ3) is 8.82. The predicted octanol–water partition coefficient (Wildman–Crippen LogP) is -0.0100. The van der Waals surface area contributed by atoms with Crippen LogP contribution < -0.4 is 0 Å². The van der Waals surface area contributed by atoms with Crippen molar-refractivity contribution in [2.45, 2.75) is 0 Å². The molecule has 0 aromatic carbocycles. The van der Waals surface area contributed by atoms with E-state index in [0.29, 0.717) is 0 Å². The Morgan fingerprint density at radius 2 is 0.500 bits per heavy atom. The van der Waals surface area contributed by atoms with Gasteiger partial charge in [-0.05, 0) is 0 Å². The Kier molecular flexibility index (Phi) is 144. The van der Waals surface area contributed by atoms with E-state index in [4.69, 9.17) is 0 Å². The maximum atomic E-state index is 0. The second-order valence-corrected chi connectivity index (χ2v) is 0. The summed E-state index contributed by atoms with van der Waals surface area (Å²) in [5.41, 5.74) is 0. The normalized spacial score (nSPS) is 0. The maximum absolute atomic E-state index is 0. The molecule has 4 heteroatoms. The molecule has 0 saturated carbocycles. The van der Waals surface area contributed by atoms with Crippen LogP contribution in [0, 0.1) is 0 Å². The molecule has 0 spiro atoms. The van der Waals surface area contributed by atoms with Crippen LogP contribution in [-0.4, -0.2) is 0 Å². The molecule has 0 heterocycles. The van der Waals surface area contributed by atoms with Gasteiger partial charge < -0.3 is 0 Å². The summed E-state index contributed by atoms with van der Waals surface area (Å²) in [6.45, 7) is 0. The third-order valence-corrected chi connectivity index (χ3v) is 0. The molecular formula is Cu3Zr. The van der Waals surface area contributed by atoms with Crippen LogP contribution in [0.3, 0.4) is 0 Å². The first-order chi connectivity index (χ1) is 0. The molecule has 0 fully saturated rings. The van der Waals surface area contributed by atoms with E-state index in [0.717, 1.165) is 0 Å². The van der Waals surface area contributed by atoms with Crippen molar-refractivity contribution < 1.29 is 77.4 Å². The van der Waals surface area contributed by atoms with Gasteiger partial charge in [0.2, 0.25) is 0 Å². The van der Waals surface area contributed by atoms with Crippen molar-refractivity contribution in [3.8, 4) is 0 Å². The van der Waals surface area contributed by atoms with Crippen LogP contribution in [0.25, 0.3) is 0 Å². The zero-order valence-electron chi connectivity index (χ0n) is 1.40. The largest absolute Gasteiger partial charge is 0 e. The fourth-order valence-corrected chi connectivity index (χ4v) is 0. The summed E-state index contributed by atoms with van der Waals surface area (Å²) >= 11 is 0. The summed E-state index contributed by atoms with van der Waals surface area (Å²) in [6.07, 6.45) is 0. The van der Waals surface area contributed by atoms with Crippen molar-refractivity contribution >= 4 is 0 Å². The molecule has 0 aliphatic rings. The average Bonchev–Trinajstić information content (AvgIpc) is 0. The molecule has 0 atom stereocenters. The van der Waals surface area contributed by atoms with Gasteiger partial charge in [-0.1, -0.05) is 0 Å². The Morgan fingerprint density at radius 3 is 0.500 bits per heavy atom. The summed E-state index contributed by atoms with van der Waals surface area (Å²) in [7, 11) is 0. The van der Waals surface area contributed by atoms with Crippen LogP contribution in [0.5, 0.6) is 0 Å². The van der Waals surface area contributed by atoms with Crippen LogP contribution in [0.1, 0.15) is 0 Å². The summed E-state index contributed by atoms with van der Waals surface area (Å²) in [5, 5.41) is 0. The van der Waals surface area contributed by atoms with Gasteiger partial charge in [0.25, 0.3) is 0 Å². The topological polar surface area (TPSA) is 0 Å². The van der Waals surface area contributed by atoms with E-state index < -0.39 is 0 Å². The molecular weight excluding hydrogens is 282 g/mol. The first-order valence-corrected chi connectivity index (χ1v) is 0. The second kappa shape index (κ2) is 18.0. The van der Waals surface area contributed by atoms with Crippen LogP contribution in [-0.2, 0) is 77.4 Å². The number of hydrogen-bond donors (Lipinski definition) is 0. The Labute approximate surface area is 76.4 Å². The Morgan fingerprint density at radius 1 is 0.500 bits per heavy atom. The molecule has 0 aliphatic heterocycles. The second-order valence-electron chi connectivity index (χ2n) is 0. The smallest absolute Gasteiger partial charge is 0 e. The zero-order chi connectivity index (χ0) is 0. The van der Waals surface area contributed by atoms with Gasteiger partial charge in [0.1, 0.15) is 0 Å². The van der Waals surface area contributed by atoms with E-state index in [9.17, 15) is 0 Å². The minimum Gasteiger partial charge on any atom is 0 e. The predicted molar refractivity (Wildman–Crippen MR) is 0 cm³/mol. The summed E-state index contributed by atoms with van der Waals surface area (Å²) in [6, 6.07) is 0. The fraction of sp³-hybridized carbons (Fsp3) is 0. The zero-order valence-corrected chi connectivity index (χ0v) is 6.69. The molecule has 3 radical (unpaired) electrons. The molecule has 0 nitrogen and oxygen atoms in total. The third-order valence-electron chi connectivity index (χ3n) is 0. The van der Waals surface area contributed by atoms with E-state index in [1.165, 1.54) is 0 Å². The maximum Gasteiger partial charge on any atom is 0 e. The van der Waals surface area contributed by atoms with Crippen LogP contribution >= 0.6 is 0 Å². The molecule has 4 heavy (non-hydrogen) atoms.